The van der Waals surface area contributed by atoms with Crippen molar-refractivity contribution in [1.29, 1.82) is 5.26 Å². The third kappa shape index (κ3) is 4.50. The molecule has 3 aromatic heterocycles. The van der Waals surface area contributed by atoms with E-state index in [4.69, 9.17) is 0 Å². The maximum Gasteiger partial charge on any atom is 0.417 e. The predicted molar refractivity (Wildman–Crippen MR) is 137 cm³/mol. The quantitative estimate of drug-likeness (QED) is 0.359. The zero-order chi connectivity index (χ0) is 28.1. The molecule has 0 bridgehead atoms. The standard InChI is InChI=1S/C28H25F4N7O/c29-19-1-2-23(28(30,31)32)22(13-19)26(40)37-10-5-20(6-11-37)38-15-27(16-38,7-8-33)39-12-4-18(14-39)24-21-3-9-34-25(21)36-17-35-24/h1-4,9,12-14,17,20H,5-7,10-11,15-16H2,(H,34,35,36). The molecule has 6 rings (SSSR count). The smallest absolute Gasteiger partial charge is 0.346 e. The zero-order valence-corrected chi connectivity index (χ0v) is 21.3. The first-order chi connectivity index (χ1) is 19.2. The number of nitrogens with one attached hydrogen (secondary N) is 1. The van der Waals surface area contributed by atoms with Crippen molar-refractivity contribution in [1.82, 2.24) is 29.3 Å². The highest BCUT2D eigenvalue weighted by molar-refractivity contribution is 5.96. The van der Waals surface area contributed by atoms with Crippen LogP contribution in [-0.4, -0.2) is 67.4 Å². The minimum Gasteiger partial charge on any atom is -0.346 e. The van der Waals surface area contributed by atoms with E-state index in [1.165, 1.54) is 11.2 Å². The van der Waals surface area contributed by atoms with Gasteiger partial charge in [-0.2, -0.15) is 18.4 Å². The molecule has 2 saturated heterocycles. The van der Waals surface area contributed by atoms with Crippen LogP contribution in [0.25, 0.3) is 22.3 Å². The van der Waals surface area contributed by atoms with E-state index < -0.39 is 34.6 Å². The summed E-state index contributed by atoms with van der Waals surface area (Å²) < 4.78 is 56.1. The molecule has 5 heterocycles. The average Bonchev–Trinajstić information content (AvgIpc) is 3.60. The number of carbonyl (C=O) groups excluding carboxylic acids is 1. The van der Waals surface area contributed by atoms with Crippen molar-refractivity contribution in [3.63, 3.8) is 0 Å². The molecule has 0 spiro atoms. The first kappa shape index (κ1) is 26.0. The second-order valence-corrected chi connectivity index (χ2v) is 10.4. The van der Waals surface area contributed by atoms with E-state index in [2.05, 4.69) is 30.5 Å². The number of piperidine rings is 1. The summed E-state index contributed by atoms with van der Waals surface area (Å²) in [6, 6.07) is 8.33. The summed E-state index contributed by atoms with van der Waals surface area (Å²) in [5, 5.41) is 10.5. The number of aromatic nitrogens is 4. The molecule has 12 heteroatoms. The number of fused-ring (bicyclic) bond motifs is 1. The average molecular weight is 552 g/mol. The number of benzene rings is 1. The van der Waals surface area contributed by atoms with Gasteiger partial charge >= 0.3 is 6.18 Å². The predicted octanol–water partition coefficient (Wildman–Crippen LogP) is 4.81. The van der Waals surface area contributed by atoms with E-state index >= 15 is 0 Å². The first-order valence-electron chi connectivity index (χ1n) is 12.9. The molecule has 0 radical (unpaired) electrons. The summed E-state index contributed by atoms with van der Waals surface area (Å²) >= 11 is 0. The van der Waals surface area contributed by atoms with Crippen LogP contribution in [0.15, 0.2) is 55.2 Å². The van der Waals surface area contributed by atoms with Crippen LogP contribution in [0.1, 0.15) is 35.2 Å². The van der Waals surface area contributed by atoms with Crippen LogP contribution < -0.4 is 0 Å². The van der Waals surface area contributed by atoms with Gasteiger partial charge in [-0.25, -0.2) is 14.4 Å². The van der Waals surface area contributed by atoms with Crippen molar-refractivity contribution < 1.29 is 22.4 Å². The Morgan fingerprint density at radius 1 is 1.15 bits per heavy atom. The van der Waals surface area contributed by atoms with Crippen molar-refractivity contribution in [2.75, 3.05) is 26.2 Å². The highest BCUT2D eigenvalue weighted by Crippen LogP contribution is 2.39. The van der Waals surface area contributed by atoms with E-state index in [9.17, 15) is 27.6 Å². The van der Waals surface area contributed by atoms with Gasteiger partial charge in [-0.05, 0) is 43.2 Å². The lowest BCUT2D eigenvalue weighted by atomic mass is 9.83. The van der Waals surface area contributed by atoms with E-state index in [0.29, 0.717) is 50.6 Å². The van der Waals surface area contributed by atoms with Gasteiger partial charge in [-0.1, -0.05) is 0 Å². The van der Waals surface area contributed by atoms with E-state index in [1.54, 1.807) is 0 Å². The third-order valence-electron chi connectivity index (χ3n) is 8.06. The van der Waals surface area contributed by atoms with Crippen LogP contribution in [0, 0.1) is 17.1 Å². The molecule has 206 valence electrons. The SMILES string of the molecule is N#CCC1(n2ccc(-c3ncnc4[nH]ccc34)c2)CN(C2CCN(C(=O)c3cc(F)ccc3C(F)(F)F)CC2)C1. The first-order valence-corrected chi connectivity index (χ1v) is 12.9. The second-order valence-electron chi connectivity index (χ2n) is 10.4. The van der Waals surface area contributed by atoms with Gasteiger partial charge in [0, 0.05) is 61.8 Å². The number of likely N-dealkylation sites (tertiary alicyclic amines) is 2. The van der Waals surface area contributed by atoms with Gasteiger partial charge in [0.25, 0.3) is 5.91 Å². The molecule has 0 unspecified atom stereocenters. The second kappa shape index (κ2) is 9.75. The van der Waals surface area contributed by atoms with Crippen molar-refractivity contribution in [2.45, 2.75) is 37.0 Å². The Hall–Kier alpha value is -4.24. The van der Waals surface area contributed by atoms with E-state index in [-0.39, 0.29) is 19.1 Å². The van der Waals surface area contributed by atoms with Gasteiger partial charge in [-0.15, -0.1) is 0 Å². The van der Waals surface area contributed by atoms with Crippen LogP contribution in [0.2, 0.25) is 0 Å². The lowest BCUT2D eigenvalue weighted by molar-refractivity contribution is -0.138. The van der Waals surface area contributed by atoms with Gasteiger partial charge in [0.1, 0.15) is 17.8 Å². The molecule has 1 amide bonds. The van der Waals surface area contributed by atoms with E-state index in [0.717, 1.165) is 22.3 Å². The van der Waals surface area contributed by atoms with Crippen LogP contribution >= 0.6 is 0 Å². The number of H-pyrrole nitrogens is 1. The van der Waals surface area contributed by atoms with E-state index in [1.807, 2.05) is 30.7 Å². The van der Waals surface area contributed by atoms with Crippen LogP contribution in [0.5, 0.6) is 0 Å². The summed E-state index contributed by atoms with van der Waals surface area (Å²) in [4.78, 5) is 28.3. The summed E-state index contributed by atoms with van der Waals surface area (Å²) in [5.41, 5.74) is 0.272. The van der Waals surface area contributed by atoms with Crippen molar-refractivity contribution >= 4 is 16.9 Å². The number of nitriles is 1. The topological polar surface area (TPSA) is 93.8 Å². The van der Waals surface area contributed by atoms with Crippen molar-refractivity contribution in [3.05, 3.63) is 72.2 Å². The Morgan fingerprint density at radius 3 is 2.65 bits per heavy atom. The Labute approximate surface area is 226 Å². The Balaban J connectivity index is 1.13. The van der Waals surface area contributed by atoms with Crippen LogP contribution in [0.4, 0.5) is 17.6 Å². The third-order valence-corrected chi connectivity index (χ3v) is 8.06. The fraction of sp³-hybridized carbons (Fsp3) is 0.357. The fourth-order valence-corrected chi connectivity index (χ4v) is 5.96. The van der Waals surface area contributed by atoms with Crippen LogP contribution in [0.3, 0.4) is 0 Å². The maximum absolute atomic E-state index is 13.7. The summed E-state index contributed by atoms with van der Waals surface area (Å²) in [6.07, 6.45) is 4.01. The maximum atomic E-state index is 13.7. The highest BCUT2D eigenvalue weighted by atomic mass is 19.4. The van der Waals surface area contributed by atoms with Gasteiger partial charge < -0.3 is 14.5 Å². The minimum absolute atomic E-state index is 0.127. The number of hydrogen-bond acceptors (Lipinski definition) is 5. The molecule has 1 aromatic carbocycles. The number of rotatable bonds is 5. The van der Waals surface area contributed by atoms with Gasteiger partial charge in [0.15, 0.2) is 0 Å². The zero-order valence-electron chi connectivity index (χ0n) is 21.3. The largest absolute Gasteiger partial charge is 0.417 e. The molecule has 8 nitrogen and oxygen atoms in total. The lowest BCUT2D eigenvalue weighted by Crippen LogP contribution is -2.66. The summed E-state index contributed by atoms with van der Waals surface area (Å²) in [6.45, 7) is 1.82. The molecular formula is C28H25F4N7O. The van der Waals surface area contributed by atoms with Crippen molar-refractivity contribution in [3.8, 4) is 17.3 Å². The number of aromatic amines is 1. The van der Waals surface area contributed by atoms with Gasteiger partial charge in [0.2, 0.25) is 0 Å². The molecule has 40 heavy (non-hydrogen) atoms. The fourth-order valence-electron chi connectivity index (χ4n) is 5.96. The Kier molecular flexibility index (Phi) is 6.34. The number of nitrogens with zero attached hydrogens (tertiary/aromatic N) is 6. The minimum atomic E-state index is -4.75. The molecule has 1 N–H and O–H groups in total. The number of hydrogen-bond donors (Lipinski definition) is 1. The molecule has 0 saturated carbocycles. The molecule has 2 aliphatic heterocycles. The van der Waals surface area contributed by atoms with Gasteiger partial charge in [0.05, 0.1) is 34.8 Å². The van der Waals surface area contributed by atoms with Gasteiger partial charge in [-0.3, -0.25) is 9.69 Å². The highest BCUT2D eigenvalue weighted by Gasteiger charge is 2.47. The lowest BCUT2D eigenvalue weighted by Gasteiger charge is -2.54. The number of alkyl halides is 3. The number of amides is 1. The number of halogens is 4. The Bertz CT molecular complexity index is 1600. The molecule has 0 atom stereocenters. The molecule has 2 aliphatic rings. The molecule has 2 fully saturated rings. The molecule has 4 aromatic rings. The normalized spacial score (nSPS) is 18.0. The summed E-state index contributed by atoms with van der Waals surface area (Å²) in [5.74, 6) is -1.69. The summed E-state index contributed by atoms with van der Waals surface area (Å²) in [7, 11) is 0. The monoisotopic (exact) mass is 551 g/mol. The van der Waals surface area contributed by atoms with Crippen molar-refractivity contribution in [2.24, 2.45) is 0 Å². The molecule has 0 aliphatic carbocycles. The van der Waals surface area contributed by atoms with Crippen LogP contribution in [-0.2, 0) is 11.7 Å². The number of carbonyl (C=O) groups is 1. The Morgan fingerprint density at radius 2 is 1.93 bits per heavy atom. The molecular weight excluding hydrogens is 526 g/mol.